The van der Waals surface area contributed by atoms with Crippen LogP contribution in [0.3, 0.4) is 0 Å². The van der Waals surface area contributed by atoms with Gasteiger partial charge in [0.05, 0.1) is 0 Å². The summed E-state index contributed by atoms with van der Waals surface area (Å²) >= 11 is 1.69. The fraction of sp³-hybridized carbons (Fsp3) is 0.125. The number of aryl methyl sites for hydroxylation is 1. The molecule has 0 fully saturated rings. The second-order valence-corrected chi connectivity index (χ2v) is 5.53. The summed E-state index contributed by atoms with van der Waals surface area (Å²) < 4.78 is 0. The fourth-order valence-electron chi connectivity index (χ4n) is 1.86. The van der Waals surface area contributed by atoms with Crippen LogP contribution in [0.4, 0.5) is 0 Å². The Hall–Kier alpha value is -2.27. The lowest BCUT2D eigenvalue weighted by molar-refractivity contribution is 1.00. The van der Waals surface area contributed by atoms with Crippen molar-refractivity contribution in [1.82, 2.24) is 19.9 Å². The monoisotopic (exact) mass is 294 g/mol. The molecule has 0 N–H and O–H groups in total. The number of hydrogen-bond donors (Lipinski definition) is 0. The van der Waals surface area contributed by atoms with E-state index < -0.39 is 0 Å². The first-order chi connectivity index (χ1) is 10.3. The molecule has 3 heterocycles. The molecule has 0 amide bonds. The van der Waals surface area contributed by atoms with Crippen molar-refractivity contribution in [3.63, 3.8) is 0 Å². The van der Waals surface area contributed by atoms with E-state index in [4.69, 9.17) is 0 Å². The van der Waals surface area contributed by atoms with Gasteiger partial charge in [0.25, 0.3) is 0 Å². The van der Waals surface area contributed by atoms with E-state index in [-0.39, 0.29) is 0 Å². The van der Waals surface area contributed by atoms with Crippen molar-refractivity contribution < 1.29 is 0 Å². The molecule has 0 radical (unpaired) electrons. The van der Waals surface area contributed by atoms with Crippen molar-refractivity contribution in [2.45, 2.75) is 17.7 Å². The van der Waals surface area contributed by atoms with Crippen LogP contribution in [0, 0.1) is 6.92 Å². The molecule has 21 heavy (non-hydrogen) atoms. The number of hydrogen-bond acceptors (Lipinski definition) is 5. The van der Waals surface area contributed by atoms with Gasteiger partial charge in [0, 0.05) is 30.0 Å². The van der Waals surface area contributed by atoms with Gasteiger partial charge >= 0.3 is 0 Å². The van der Waals surface area contributed by atoms with Crippen LogP contribution in [0.5, 0.6) is 0 Å². The van der Waals surface area contributed by atoms with Gasteiger partial charge in [-0.1, -0.05) is 6.07 Å². The first-order valence-electron chi connectivity index (χ1n) is 6.60. The molecular formula is C16H14N4S. The third kappa shape index (κ3) is 3.64. The average Bonchev–Trinajstić information content (AvgIpc) is 2.54. The highest BCUT2D eigenvalue weighted by Gasteiger charge is 2.06. The maximum Gasteiger partial charge on any atom is 0.179 e. The third-order valence-electron chi connectivity index (χ3n) is 2.86. The second-order valence-electron chi connectivity index (χ2n) is 4.53. The van der Waals surface area contributed by atoms with E-state index in [1.165, 1.54) is 5.56 Å². The van der Waals surface area contributed by atoms with E-state index in [9.17, 15) is 0 Å². The summed E-state index contributed by atoms with van der Waals surface area (Å²) in [6.45, 7) is 1.98. The number of pyridine rings is 2. The zero-order valence-corrected chi connectivity index (χ0v) is 12.4. The summed E-state index contributed by atoms with van der Waals surface area (Å²) in [6, 6.07) is 11.8. The summed E-state index contributed by atoms with van der Waals surface area (Å²) in [5.74, 6) is 1.54. The van der Waals surface area contributed by atoms with Crippen LogP contribution >= 0.6 is 11.8 Å². The lowest BCUT2D eigenvalue weighted by Crippen LogP contribution is -1.95. The highest BCUT2D eigenvalue weighted by Crippen LogP contribution is 2.23. The molecule has 0 aromatic carbocycles. The number of nitrogens with zero attached hydrogens (tertiary/aromatic N) is 4. The molecule has 0 atom stereocenters. The van der Waals surface area contributed by atoms with Crippen molar-refractivity contribution in [3.05, 3.63) is 66.2 Å². The third-order valence-corrected chi connectivity index (χ3v) is 3.84. The number of rotatable bonds is 4. The Labute approximate surface area is 127 Å². The molecular weight excluding hydrogens is 280 g/mol. The maximum absolute atomic E-state index is 4.59. The minimum atomic E-state index is 0.674. The molecule has 3 aromatic rings. The van der Waals surface area contributed by atoms with Crippen LogP contribution in [-0.4, -0.2) is 19.9 Å². The van der Waals surface area contributed by atoms with Crippen LogP contribution in [0.25, 0.3) is 11.5 Å². The van der Waals surface area contributed by atoms with E-state index in [1.807, 2.05) is 43.3 Å². The molecule has 0 saturated heterocycles. The van der Waals surface area contributed by atoms with Gasteiger partial charge < -0.3 is 0 Å². The van der Waals surface area contributed by atoms with Gasteiger partial charge in [-0.25, -0.2) is 9.97 Å². The smallest absolute Gasteiger partial charge is 0.179 e. The molecule has 104 valence electrons. The van der Waals surface area contributed by atoms with Crippen molar-refractivity contribution in [3.8, 4) is 11.5 Å². The van der Waals surface area contributed by atoms with Crippen LogP contribution in [0.1, 0.15) is 11.3 Å². The van der Waals surface area contributed by atoms with Gasteiger partial charge in [-0.15, -0.1) is 11.8 Å². The Morgan fingerprint density at radius 2 is 1.86 bits per heavy atom. The Morgan fingerprint density at radius 3 is 2.62 bits per heavy atom. The molecule has 5 heteroatoms. The Balaban J connectivity index is 1.82. The molecule has 0 spiro atoms. The summed E-state index contributed by atoms with van der Waals surface area (Å²) in [6.07, 6.45) is 5.37. The molecule has 0 aliphatic carbocycles. The molecule has 3 rings (SSSR count). The van der Waals surface area contributed by atoms with Crippen LogP contribution < -0.4 is 0 Å². The van der Waals surface area contributed by atoms with Gasteiger partial charge in [-0.05, 0) is 42.8 Å². The molecule has 0 saturated carbocycles. The first-order valence-corrected chi connectivity index (χ1v) is 7.58. The van der Waals surface area contributed by atoms with Gasteiger partial charge in [0.1, 0.15) is 10.7 Å². The quantitative estimate of drug-likeness (QED) is 0.544. The summed E-state index contributed by atoms with van der Waals surface area (Å²) in [4.78, 5) is 17.4. The normalized spacial score (nSPS) is 10.5. The predicted molar refractivity (Wildman–Crippen MR) is 83.8 cm³/mol. The SMILES string of the molecule is Cc1cc(SCc2ccncc2)nc(-c2ccccn2)n1. The fourth-order valence-corrected chi connectivity index (χ4v) is 2.77. The van der Waals surface area contributed by atoms with Gasteiger partial charge in [0.2, 0.25) is 0 Å². The summed E-state index contributed by atoms with van der Waals surface area (Å²) in [5.41, 5.74) is 2.97. The Morgan fingerprint density at radius 1 is 1.00 bits per heavy atom. The minimum Gasteiger partial charge on any atom is -0.265 e. The van der Waals surface area contributed by atoms with Crippen molar-refractivity contribution in [2.75, 3.05) is 0 Å². The molecule has 3 aromatic heterocycles. The van der Waals surface area contributed by atoms with Crippen LogP contribution in [0.2, 0.25) is 0 Å². The number of aromatic nitrogens is 4. The van der Waals surface area contributed by atoms with Crippen molar-refractivity contribution >= 4 is 11.8 Å². The lowest BCUT2D eigenvalue weighted by atomic mass is 10.3. The van der Waals surface area contributed by atoms with Crippen molar-refractivity contribution in [2.24, 2.45) is 0 Å². The van der Waals surface area contributed by atoms with E-state index >= 15 is 0 Å². The Kier molecular flexibility index (Phi) is 4.21. The van der Waals surface area contributed by atoms with Gasteiger partial charge in [-0.3, -0.25) is 9.97 Å². The van der Waals surface area contributed by atoms with Crippen LogP contribution in [-0.2, 0) is 5.75 Å². The molecule has 0 unspecified atom stereocenters. The maximum atomic E-state index is 4.59. The van der Waals surface area contributed by atoms with Crippen LogP contribution in [0.15, 0.2) is 60.0 Å². The molecule has 0 aliphatic rings. The van der Waals surface area contributed by atoms with E-state index in [1.54, 1.807) is 30.4 Å². The average molecular weight is 294 g/mol. The molecule has 0 aliphatic heterocycles. The standard InChI is InChI=1S/C16H14N4S/c1-12-10-15(21-11-13-5-8-17-9-6-13)20-16(19-12)14-4-2-3-7-18-14/h2-10H,11H2,1H3. The lowest BCUT2D eigenvalue weighted by Gasteiger charge is -2.05. The zero-order valence-electron chi connectivity index (χ0n) is 11.6. The van der Waals surface area contributed by atoms with E-state index in [2.05, 4.69) is 19.9 Å². The van der Waals surface area contributed by atoms with Gasteiger partial charge in [0.15, 0.2) is 5.82 Å². The topological polar surface area (TPSA) is 51.6 Å². The van der Waals surface area contributed by atoms with Gasteiger partial charge in [-0.2, -0.15) is 0 Å². The zero-order chi connectivity index (χ0) is 14.5. The second kappa shape index (κ2) is 6.45. The summed E-state index contributed by atoms with van der Waals surface area (Å²) in [7, 11) is 0. The molecule has 0 bridgehead atoms. The van der Waals surface area contributed by atoms with E-state index in [0.29, 0.717) is 5.82 Å². The predicted octanol–water partition coefficient (Wildman–Crippen LogP) is 3.53. The molecule has 4 nitrogen and oxygen atoms in total. The van der Waals surface area contributed by atoms with Crippen molar-refractivity contribution in [1.29, 1.82) is 0 Å². The first kappa shape index (κ1) is 13.7. The largest absolute Gasteiger partial charge is 0.265 e. The minimum absolute atomic E-state index is 0.674. The summed E-state index contributed by atoms with van der Waals surface area (Å²) in [5, 5.41) is 0.958. The highest BCUT2D eigenvalue weighted by atomic mass is 32.2. The number of thioether (sulfide) groups is 1. The Bertz CT molecular complexity index is 717. The van der Waals surface area contributed by atoms with E-state index in [0.717, 1.165) is 22.2 Å². The highest BCUT2D eigenvalue weighted by molar-refractivity contribution is 7.98.